The fourth-order valence-electron chi connectivity index (χ4n) is 10.0. The van der Waals surface area contributed by atoms with E-state index >= 15 is 0 Å². The topological polar surface area (TPSA) is 285 Å². The number of ether oxygens (including phenoxy) is 7. The van der Waals surface area contributed by atoms with E-state index in [1.165, 1.54) is 16.7 Å². The molecule has 5 aliphatic heterocycles. The molecule has 23 nitrogen and oxygen atoms in total. The van der Waals surface area contributed by atoms with E-state index in [0.29, 0.717) is 41.2 Å². The molecule has 5 heterocycles. The van der Waals surface area contributed by atoms with E-state index in [2.05, 4.69) is 10.6 Å². The number of aliphatic hydroxyl groups is 1. The maximum Gasteiger partial charge on any atom is 0.409 e. The monoisotopic (exact) mass is 1180 g/mol. The normalized spacial score (nSPS) is 27.6. The highest BCUT2D eigenvalue weighted by Gasteiger charge is 2.63. The van der Waals surface area contributed by atoms with Crippen molar-refractivity contribution in [3.8, 4) is 0 Å². The molecular weight excluding hydrogens is 1100 g/mol. The highest BCUT2D eigenvalue weighted by atomic mass is 35.5. The van der Waals surface area contributed by atoms with Gasteiger partial charge in [0.2, 0.25) is 23.6 Å². The number of Topliss-reactive ketones (excluding diaryl/α,β-unsaturated/α-hetero) is 1. The fourth-order valence-corrected chi connectivity index (χ4v) is 11.2. The third-order valence-electron chi connectivity index (χ3n) is 15.1. The summed E-state index contributed by atoms with van der Waals surface area (Å²) in [6.45, 7) is 13.1. The second-order valence-electron chi connectivity index (χ2n) is 21.2. The predicted octanol–water partition coefficient (Wildman–Crippen LogP) is 4.09. The summed E-state index contributed by atoms with van der Waals surface area (Å²) >= 11 is 8.07. The number of carbonyl (C=O) groups excluding carboxylic acids is 9. The van der Waals surface area contributed by atoms with Crippen LogP contribution in [0.3, 0.4) is 0 Å². The molecule has 0 radical (unpaired) electrons. The molecule has 2 unspecified atom stereocenters. The van der Waals surface area contributed by atoms with Gasteiger partial charge < -0.3 is 53.3 Å². The van der Waals surface area contributed by atoms with Crippen LogP contribution in [0.1, 0.15) is 97.1 Å². The number of amides is 7. The molecule has 0 saturated carbocycles. The number of allylic oxidation sites excluding steroid dienone is 3. The Hall–Kier alpha value is -5.31. The number of carbonyl (C=O) groups is 9. The number of epoxide rings is 1. The first-order valence-corrected chi connectivity index (χ1v) is 29.0. The van der Waals surface area contributed by atoms with Crippen molar-refractivity contribution in [1.82, 2.24) is 20.6 Å². The number of thioether (sulfide) groups is 1. The molecule has 25 heteroatoms. The summed E-state index contributed by atoms with van der Waals surface area (Å²) in [7, 11) is 1.65. The molecule has 0 aliphatic carbocycles. The lowest BCUT2D eigenvalue weighted by Crippen LogP contribution is -2.60. The highest BCUT2D eigenvalue weighted by Crippen LogP contribution is 2.52. The van der Waals surface area contributed by atoms with Crippen LogP contribution in [0.2, 0.25) is 5.02 Å². The van der Waals surface area contributed by atoms with Gasteiger partial charge in [-0.3, -0.25) is 43.8 Å². The number of aryl methyl sites for hydroxylation is 1. The number of hydrogen-bond acceptors (Lipinski definition) is 19. The lowest BCUT2D eigenvalue weighted by molar-refractivity contribution is -0.198. The van der Waals surface area contributed by atoms with Crippen LogP contribution in [0.25, 0.3) is 0 Å². The van der Waals surface area contributed by atoms with Crippen molar-refractivity contribution in [3.05, 3.63) is 52.1 Å². The van der Waals surface area contributed by atoms with Gasteiger partial charge in [0.25, 0.3) is 11.8 Å². The second-order valence-corrected chi connectivity index (χ2v) is 22.9. The number of hydrogen-bond donors (Lipinski definition) is 3. The van der Waals surface area contributed by atoms with Crippen molar-refractivity contribution in [2.45, 2.75) is 134 Å². The molecule has 0 aromatic heterocycles. The van der Waals surface area contributed by atoms with Gasteiger partial charge in [-0.1, -0.05) is 55.3 Å². The van der Waals surface area contributed by atoms with Gasteiger partial charge in [-0.05, 0) is 51.3 Å². The highest BCUT2D eigenvalue weighted by molar-refractivity contribution is 8.00. The number of nitrogens with zero attached hydrogens (tertiary/aromatic N) is 3. The van der Waals surface area contributed by atoms with E-state index < -0.39 is 82.4 Å². The zero-order valence-electron chi connectivity index (χ0n) is 47.3. The molecule has 448 valence electrons. The lowest BCUT2D eigenvalue weighted by Gasteiger charge is -2.41. The number of imide groups is 2. The first kappa shape index (κ1) is 64.9. The number of nitrogens with one attached hydrogen (secondary N) is 2. The number of rotatable bonds is 27. The Morgan fingerprint density at radius 3 is 2.22 bits per heavy atom. The largest absolute Gasteiger partial charge is 0.446 e. The van der Waals surface area contributed by atoms with E-state index in [1.54, 1.807) is 14.0 Å². The summed E-state index contributed by atoms with van der Waals surface area (Å²) in [5.74, 6) is -4.84. The minimum Gasteiger partial charge on any atom is -0.446 e. The third-order valence-corrected chi connectivity index (χ3v) is 16.8. The molecule has 6 rings (SSSR count). The Morgan fingerprint density at radius 2 is 1.54 bits per heavy atom. The van der Waals surface area contributed by atoms with Gasteiger partial charge in [0.15, 0.2) is 5.78 Å². The summed E-state index contributed by atoms with van der Waals surface area (Å²) in [4.78, 5) is 122. The summed E-state index contributed by atoms with van der Waals surface area (Å²) in [6, 6.07) is 3.86. The molecule has 4 bridgehead atoms. The quantitative estimate of drug-likeness (QED) is 0.0635. The number of likely N-dealkylation sites (tertiary alicyclic amines) is 1. The molecule has 7 amide bonds. The van der Waals surface area contributed by atoms with Crippen molar-refractivity contribution in [2.24, 2.45) is 17.8 Å². The van der Waals surface area contributed by atoms with Gasteiger partial charge in [0.1, 0.15) is 17.9 Å². The standard InChI is InChI=1S/C56H78ClN5O18S/c1-34-9-8-10-36(3)56(72)33-43(78-54(71)59-56)37(4)52-55(6,79-52)40(31-48(67)60(7)41-29-39(27-34)28-35(2)51(41)57)30-42(63)38(5)77-25-26-81-44-32-49(68)61(53(44)70)16-13-45(64)58-15-18-74-20-22-76-24-23-75-21-19-73-17-14-50(69)80-62-46(65)11-12-47(62)66/h8-10,28-29,36-38,40,43-44,52,72H,11-27,30-33H2,1-7H3,(H,58,64)(H,59,71)/b10-8+,34-9+/t36-,37-,38+,40+,43?,44?,52+,55+,56+/m1/s1. The summed E-state index contributed by atoms with van der Waals surface area (Å²) in [6.07, 6.45) is 2.91. The van der Waals surface area contributed by atoms with Crippen molar-refractivity contribution < 1.29 is 86.3 Å². The Morgan fingerprint density at radius 1 is 0.889 bits per heavy atom. The lowest BCUT2D eigenvalue weighted by atomic mass is 9.77. The molecule has 5 aliphatic rings. The first-order valence-electron chi connectivity index (χ1n) is 27.5. The fraction of sp³-hybridized carbons (Fsp3) is 0.661. The van der Waals surface area contributed by atoms with Gasteiger partial charge in [-0.15, -0.1) is 16.8 Å². The maximum absolute atomic E-state index is 14.3. The van der Waals surface area contributed by atoms with Gasteiger partial charge in [0.05, 0.1) is 93.5 Å². The smallest absolute Gasteiger partial charge is 0.409 e. The predicted molar refractivity (Wildman–Crippen MR) is 294 cm³/mol. The van der Waals surface area contributed by atoms with Gasteiger partial charge in [-0.25, -0.2) is 9.59 Å². The zero-order valence-corrected chi connectivity index (χ0v) is 48.9. The number of anilines is 1. The number of hydroxylamine groups is 2. The SMILES string of the molecule is C/C1=C\C=C\[C@@H](C)[C@@]2(O)CC(OC(=O)N2)[C@@H](C)[C@@H]2O[C@@]2(C)[C@@H](CC(=O)[C@H](C)OCCSC2CC(=O)N(CCC(=O)NCCOCCOCCOCCOCCC(=O)ON3C(=O)CCC3=O)C2=O)CC(=O)N(C)c2cc(cc(C)c2Cl)C1. The van der Waals surface area contributed by atoms with Crippen LogP contribution in [0.4, 0.5) is 10.5 Å². The molecular formula is C56H78ClN5O18S. The zero-order chi connectivity index (χ0) is 59.0. The Kier molecular flexibility index (Phi) is 24.3. The average molecular weight is 1180 g/mol. The summed E-state index contributed by atoms with van der Waals surface area (Å²) in [5.41, 5.74) is 0.644. The molecule has 4 saturated heterocycles. The summed E-state index contributed by atoms with van der Waals surface area (Å²) in [5, 5.41) is 17.3. The first-order chi connectivity index (χ1) is 38.5. The van der Waals surface area contributed by atoms with E-state index in [4.69, 9.17) is 49.6 Å². The van der Waals surface area contributed by atoms with Gasteiger partial charge >= 0.3 is 12.1 Å². The van der Waals surface area contributed by atoms with E-state index in [-0.39, 0.29) is 134 Å². The molecule has 9 atom stereocenters. The van der Waals surface area contributed by atoms with Gasteiger partial charge in [-0.2, -0.15) is 0 Å². The van der Waals surface area contributed by atoms with Crippen LogP contribution in [0, 0.1) is 24.7 Å². The number of halogens is 1. The number of alkyl carbamates (subject to hydrolysis) is 1. The molecule has 81 heavy (non-hydrogen) atoms. The Labute approximate surface area is 481 Å². The van der Waals surface area contributed by atoms with Gasteiger partial charge in [0, 0.05) is 88.6 Å². The van der Waals surface area contributed by atoms with Crippen LogP contribution in [0.5, 0.6) is 0 Å². The van der Waals surface area contributed by atoms with E-state index in [0.717, 1.165) is 21.6 Å². The third kappa shape index (κ3) is 18.3. The van der Waals surface area contributed by atoms with Crippen LogP contribution >= 0.6 is 23.4 Å². The van der Waals surface area contributed by atoms with Crippen molar-refractivity contribution in [1.29, 1.82) is 0 Å². The minimum absolute atomic E-state index is 0.0216. The van der Waals surface area contributed by atoms with Crippen LogP contribution in [-0.4, -0.2) is 189 Å². The van der Waals surface area contributed by atoms with E-state index in [1.807, 2.05) is 65.0 Å². The van der Waals surface area contributed by atoms with E-state index in [9.17, 15) is 48.3 Å². The van der Waals surface area contributed by atoms with Crippen LogP contribution in [-0.2, 0) is 82.8 Å². The average Bonchev–Trinajstić information content (AvgIpc) is 2.45. The Bertz CT molecular complexity index is 2520. The summed E-state index contributed by atoms with van der Waals surface area (Å²) < 4.78 is 39.8. The number of benzene rings is 1. The Balaban J connectivity index is 0.881. The number of ketones is 1. The van der Waals surface area contributed by atoms with Crippen molar-refractivity contribution in [2.75, 3.05) is 90.3 Å². The minimum atomic E-state index is -1.62. The molecule has 1 aromatic carbocycles. The van der Waals surface area contributed by atoms with Crippen molar-refractivity contribution >= 4 is 82.3 Å². The van der Waals surface area contributed by atoms with Crippen LogP contribution < -0.4 is 15.5 Å². The molecule has 1 aromatic rings. The maximum atomic E-state index is 14.3. The van der Waals surface area contributed by atoms with Crippen LogP contribution in [0.15, 0.2) is 35.9 Å². The molecule has 4 fully saturated rings. The molecule has 0 spiro atoms. The molecule has 3 N–H and O–H groups in total. The number of fused-ring (bicyclic) bond motifs is 5. The second kappa shape index (κ2) is 30.3. The van der Waals surface area contributed by atoms with Crippen molar-refractivity contribution in [3.63, 3.8) is 0 Å².